The number of anilines is 1. The minimum absolute atomic E-state index is 0.0908. The van der Waals surface area contributed by atoms with Crippen LogP contribution >= 0.6 is 0 Å². The average molecular weight is 182 g/mol. The van der Waals surface area contributed by atoms with E-state index in [-0.39, 0.29) is 5.75 Å². The lowest BCUT2D eigenvalue weighted by atomic mass is 10.1. The summed E-state index contributed by atoms with van der Waals surface area (Å²) in [6, 6.07) is 3.21. The number of nitrogens with zero attached hydrogens (tertiary/aromatic N) is 1. The minimum Gasteiger partial charge on any atom is -0.397 e. The van der Waals surface area contributed by atoms with Gasteiger partial charge in [-0.15, -0.1) is 10.1 Å². The van der Waals surface area contributed by atoms with Gasteiger partial charge in [-0.1, -0.05) is 6.07 Å². The Morgan fingerprint density at radius 1 is 1.46 bits per heavy atom. The van der Waals surface area contributed by atoms with Crippen LogP contribution in [-0.4, -0.2) is 5.09 Å². The van der Waals surface area contributed by atoms with Gasteiger partial charge in [0.15, 0.2) is 0 Å². The lowest BCUT2D eigenvalue weighted by Gasteiger charge is -2.07. The van der Waals surface area contributed by atoms with E-state index in [0.717, 1.165) is 11.1 Å². The van der Waals surface area contributed by atoms with Crippen molar-refractivity contribution >= 4 is 5.69 Å². The maximum absolute atomic E-state index is 10.0. The van der Waals surface area contributed by atoms with E-state index in [1.54, 1.807) is 13.0 Å². The molecule has 0 unspecified atom stereocenters. The second-order valence-electron chi connectivity index (χ2n) is 2.73. The van der Waals surface area contributed by atoms with Crippen LogP contribution in [-0.2, 0) is 0 Å². The molecule has 0 aromatic heterocycles. The molecule has 0 fully saturated rings. The highest BCUT2D eigenvalue weighted by molar-refractivity contribution is 5.60. The van der Waals surface area contributed by atoms with Crippen molar-refractivity contribution in [2.75, 3.05) is 5.73 Å². The molecular weight excluding hydrogens is 172 g/mol. The van der Waals surface area contributed by atoms with Crippen LogP contribution in [0.1, 0.15) is 11.1 Å². The molecule has 5 nitrogen and oxygen atoms in total. The molecule has 1 aromatic carbocycles. The summed E-state index contributed by atoms with van der Waals surface area (Å²) in [6.07, 6.45) is 0. The fourth-order valence-electron chi connectivity index (χ4n) is 0.973. The predicted molar refractivity (Wildman–Crippen MR) is 48.0 cm³/mol. The SMILES string of the molecule is Cc1ccc(O[N+](=O)[O-])c(N)c1C. The topological polar surface area (TPSA) is 78.4 Å². The number of benzene rings is 1. The van der Waals surface area contributed by atoms with Gasteiger partial charge in [-0.25, -0.2) is 0 Å². The van der Waals surface area contributed by atoms with E-state index in [4.69, 9.17) is 5.73 Å². The third kappa shape index (κ3) is 1.87. The van der Waals surface area contributed by atoms with E-state index in [1.165, 1.54) is 6.07 Å². The van der Waals surface area contributed by atoms with Crippen LogP contribution < -0.4 is 10.6 Å². The summed E-state index contributed by atoms with van der Waals surface area (Å²) in [5.74, 6) is 0.0908. The molecule has 0 radical (unpaired) electrons. The lowest BCUT2D eigenvalue weighted by molar-refractivity contribution is -0.710. The third-order valence-corrected chi connectivity index (χ3v) is 1.92. The van der Waals surface area contributed by atoms with Crippen molar-refractivity contribution in [1.29, 1.82) is 0 Å². The van der Waals surface area contributed by atoms with Crippen molar-refractivity contribution in [1.82, 2.24) is 0 Å². The summed E-state index contributed by atoms with van der Waals surface area (Å²) in [6.45, 7) is 3.67. The highest BCUT2D eigenvalue weighted by atomic mass is 17.0. The van der Waals surface area contributed by atoms with E-state index < -0.39 is 5.09 Å². The van der Waals surface area contributed by atoms with Crippen molar-refractivity contribution in [3.63, 3.8) is 0 Å². The van der Waals surface area contributed by atoms with E-state index in [0.29, 0.717) is 5.69 Å². The second-order valence-corrected chi connectivity index (χ2v) is 2.73. The summed E-state index contributed by atoms with van der Waals surface area (Å²) >= 11 is 0. The predicted octanol–water partition coefficient (Wildman–Crippen LogP) is 1.46. The Hall–Kier alpha value is -1.78. The molecule has 0 aliphatic rings. The van der Waals surface area contributed by atoms with Crippen LogP contribution in [0.4, 0.5) is 5.69 Å². The van der Waals surface area contributed by atoms with Crippen LogP contribution in [0.2, 0.25) is 0 Å². The van der Waals surface area contributed by atoms with Crippen molar-refractivity contribution in [2.45, 2.75) is 13.8 Å². The Bertz CT molecular complexity index is 349. The van der Waals surface area contributed by atoms with Gasteiger partial charge in [0.25, 0.3) is 5.09 Å². The number of rotatable bonds is 2. The third-order valence-electron chi connectivity index (χ3n) is 1.92. The molecule has 0 spiro atoms. The van der Waals surface area contributed by atoms with Crippen molar-refractivity contribution in [3.05, 3.63) is 33.4 Å². The fourth-order valence-corrected chi connectivity index (χ4v) is 0.973. The number of hydrogen-bond acceptors (Lipinski definition) is 4. The smallest absolute Gasteiger partial charge is 0.299 e. The Morgan fingerprint density at radius 2 is 2.08 bits per heavy atom. The van der Waals surface area contributed by atoms with Gasteiger partial charge in [-0.3, -0.25) is 4.84 Å². The zero-order valence-electron chi connectivity index (χ0n) is 7.40. The quantitative estimate of drug-likeness (QED) is 0.426. The Morgan fingerprint density at radius 3 is 2.62 bits per heavy atom. The van der Waals surface area contributed by atoms with E-state index >= 15 is 0 Å². The van der Waals surface area contributed by atoms with Gasteiger partial charge in [-0.05, 0) is 31.0 Å². The standard InChI is InChI=1S/C8H10N2O3/c1-5-3-4-7(13-10(11)12)8(9)6(5)2/h3-4H,9H2,1-2H3. The summed E-state index contributed by atoms with van der Waals surface area (Å²) in [7, 11) is 0. The monoisotopic (exact) mass is 182 g/mol. The van der Waals surface area contributed by atoms with Crippen LogP contribution in [0, 0.1) is 24.0 Å². The molecular formula is C8H10N2O3. The summed E-state index contributed by atoms with van der Waals surface area (Å²) in [5.41, 5.74) is 7.70. The van der Waals surface area contributed by atoms with Gasteiger partial charge >= 0.3 is 0 Å². The van der Waals surface area contributed by atoms with Crippen molar-refractivity contribution < 1.29 is 9.92 Å². The molecule has 0 aliphatic heterocycles. The summed E-state index contributed by atoms with van der Waals surface area (Å²) in [4.78, 5) is 14.3. The van der Waals surface area contributed by atoms with E-state index in [2.05, 4.69) is 4.84 Å². The largest absolute Gasteiger partial charge is 0.397 e. The Balaban J connectivity index is 3.10. The Labute approximate surface area is 75.2 Å². The summed E-state index contributed by atoms with van der Waals surface area (Å²) < 4.78 is 0. The molecule has 0 aliphatic carbocycles. The lowest BCUT2D eigenvalue weighted by Crippen LogP contribution is -2.06. The van der Waals surface area contributed by atoms with Crippen LogP contribution in [0.25, 0.3) is 0 Å². The maximum atomic E-state index is 10.0. The van der Waals surface area contributed by atoms with Gasteiger partial charge in [0, 0.05) is 0 Å². The Kier molecular flexibility index (Phi) is 2.36. The summed E-state index contributed by atoms with van der Waals surface area (Å²) in [5, 5.41) is 9.17. The van der Waals surface area contributed by atoms with Gasteiger partial charge in [0.05, 0.1) is 5.69 Å². The molecule has 1 rings (SSSR count). The van der Waals surface area contributed by atoms with E-state index in [1.807, 2.05) is 6.92 Å². The molecule has 0 atom stereocenters. The molecule has 13 heavy (non-hydrogen) atoms. The van der Waals surface area contributed by atoms with Gasteiger partial charge in [0.2, 0.25) is 0 Å². The fraction of sp³-hybridized carbons (Fsp3) is 0.250. The highest BCUT2D eigenvalue weighted by Gasteiger charge is 2.07. The first-order valence-electron chi connectivity index (χ1n) is 3.70. The number of nitrogen functional groups attached to an aromatic ring is 1. The van der Waals surface area contributed by atoms with Crippen molar-refractivity contribution in [3.8, 4) is 5.75 Å². The molecule has 0 bridgehead atoms. The van der Waals surface area contributed by atoms with Crippen LogP contribution in [0.3, 0.4) is 0 Å². The number of nitrogens with two attached hydrogens (primary N) is 1. The van der Waals surface area contributed by atoms with Gasteiger partial charge < -0.3 is 5.73 Å². The highest BCUT2D eigenvalue weighted by Crippen LogP contribution is 2.27. The zero-order chi connectivity index (χ0) is 10.0. The molecule has 0 saturated carbocycles. The van der Waals surface area contributed by atoms with E-state index in [9.17, 15) is 10.1 Å². The molecule has 2 N–H and O–H groups in total. The molecule has 0 heterocycles. The molecule has 5 heteroatoms. The maximum Gasteiger partial charge on any atom is 0.299 e. The first kappa shape index (κ1) is 9.31. The van der Waals surface area contributed by atoms with Crippen LogP contribution in [0.5, 0.6) is 5.75 Å². The first-order chi connectivity index (χ1) is 6.02. The molecule has 70 valence electrons. The first-order valence-corrected chi connectivity index (χ1v) is 3.70. The molecule has 0 saturated heterocycles. The zero-order valence-corrected chi connectivity index (χ0v) is 7.40. The average Bonchev–Trinajstić information content (AvgIpc) is 2.06. The number of aryl methyl sites for hydroxylation is 1. The number of hydrogen-bond donors (Lipinski definition) is 1. The van der Waals surface area contributed by atoms with Crippen molar-refractivity contribution in [2.24, 2.45) is 0 Å². The van der Waals surface area contributed by atoms with Crippen LogP contribution in [0.15, 0.2) is 12.1 Å². The normalized spacial score (nSPS) is 9.69. The van der Waals surface area contributed by atoms with Gasteiger partial charge in [0.1, 0.15) is 5.75 Å². The molecule has 1 aromatic rings. The van der Waals surface area contributed by atoms with Gasteiger partial charge in [-0.2, -0.15) is 0 Å². The second kappa shape index (κ2) is 3.30. The molecule has 0 amide bonds. The minimum atomic E-state index is -0.875.